The molecular weight excluding hydrogens is 412 g/mol. The minimum atomic E-state index is -0.585. The van der Waals surface area contributed by atoms with Gasteiger partial charge in [0.2, 0.25) is 0 Å². The Morgan fingerprint density at radius 3 is 1.48 bits per heavy atom. The van der Waals surface area contributed by atoms with Crippen LogP contribution < -0.4 is 0 Å². The fourth-order valence-corrected chi connectivity index (χ4v) is 4.03. The second-order valence-corrected chi connectivity index (χ2v) is 9.29. The van der Waals surface area contributed by atoms with Gasteiger partial charge in [-0.2, -0.15) is 22.3 Å². The van der Waals surface area contributed by atoms with E-state index >= 15 is 0 Å². The molecule has 180 valence electrons. The molecule has 0 radical (unpaired) electrons. The molecule has 4 unspecified atom stereocenters. The molecule has 0 spiro atoms. The Morgan fingerprint density at radius 2 is 1.13 bits per heavy atom. The van der Waals surface area contributed by atoms with Crippen LogP contribution in [0.3, 0.4) is 0 Å². The zero-order valence-electron chi connectivity index (χ0n) is 19.6. The second-order valence-electron chi connectivity index (χ2n) is 8.22. The number of hydrogen-bond acceptors (Lipinski definition) is 7. The van der Waals surface area contributed by atoms with Crippen LogP contribution in [0.2, 0.25) is 0 Å². The molecule has 0 aromatic rings. The van der Waals surface area contributed by atoms with Gasteiger partial charge in [0.15, 0.2) is 0 Å². The van der Waals surface area contributed by atoms with Gasteiger partial charge in [-0.1, -0.05) is 52.4 Å². The van der Waals surface area contributed by atoms with E-state index in [1.54, 1.807) is 0 Å². The smallest absolute Gasteiger partial charge is 0.0863 e. The Bertz CT molecular complexity index is 439. The third-order valence-corrected chi connectivity index (χ3v) is 6.38. The van der Waals surface area contributed by atoms with Crippen LogP contribution in [0.15, 0.2) is 0 Å². The number of aliphatic hydroxyl groups is 2. The quantitative estimate of drug-likeness (QED) is 0.227. The topological polar surface area (TPSA) is 106 Å². The van der Waals surface area contributed by atoms with Crippen LogP contribution in [-0.4, -0.2) is 60.4 Å². The summed E-state index contributed by atoms with van der Waals surface area (Å²) in [7, 11) is 0. The lowest BCUT2D eigenvalue weighted by atomic mass is 10.00. The van der Waals surface area contributed by atoms with Crippen molar-refractivity contribution in [3.8, 4) is 12.1 Å². The molecule has 6 nitrogen and oxygen atoms in total. The first-order valence-corrected chi connectivity index (χ1v) is 13.1. The van der Waals surface area contributed by atoms with Crippen molar-refractivity contribution in [2.24, 2.45) is 11.8 Å². The number of nitriles is 2. The maximum Gasteiger partial charge on any atom is 0.0863 e. The number of aliphatic hydroxyl groups excluding tert-OH is 2. The van der Waals surface area contributed by atoms with Crippen molar-refractivity contribution < 1.29 is 19.7 Å². The molecule has 0 rings (SSSR count). The maximum atomic E-state index is 9.99. The largest absolute Gasteiger partial charge is 0.390 e. The number of rotatable bonds is 22. The van der Waals surface area contributed by atoms with E-state index in [1.165, 1.54) is 11.8 Å². The second kappa shape index (κ2) is 22.4. The molecule has 0 aliphatic carbocycles. The van der Waals surface area contributed by atoms with Crippen LogP contribution in [-0.2, 0) is 9.47 Å². The molecule has 0 heterocycles. The van der Waals surface area contributed by atoms with Crippen LogP contribution >= 0.6 is 11.8 Å². The average molecular weight is 457 g/mol. The SMILES string of the molecule is CCCCCC(C#N)CCOCC(O)CSCC(O)COCCC(C#N)CCCCC. The molecule has 0 aromatic heterocycles. The minimum Gasteiger partial charge on any atom is -0.390 e. The van der Waals surface area contributed by atoms with Crippen LogP contribution in [0.25, 0.3) is 0 Å². The lowest BCUT2D eigenvalue weighted by Gasteiger charge is -2.15. The predicted molar refractivity (Wildman–Crippen MR) is 127 cm³/mol. The van der Waals surface area contributed by atoms with Crippen molar-refractivity contribution in [2.75, 3.05) is 37.9 Å². The van der Waals surface area contributed by atoms with Gasteiger partial charge in [0.1, 0.15) is 0 Å². The Balaban J connectivity index is 3.66. The number of nitrogens with zero attached hydrogens (tertiary/aromatic N) is 2. The van der Waals surface area contributed by atoms with E-state index in [4.69, 9.17) is 20.0 Å². The van der Waals surface area contributed by atoms with Crippen molar-refractivity contribution in [1.29, 1.82) is 10.5 Å². The zero-order chi connectivity index (χ0) is 23.2. The van der Waals surface area contributed by atoms with Crippen LogP contribution in [0, 0.1) is 34.5 Å². The summed E-state index contributed by atoms with van der Waals surface area (Å²) in [4.78, 5) is 0. The van der Waals surface area contributed by atoms with Gasteiger partial charge < -0.3 is 19.7 Å². The molecule has 0 amide bonds. The van der Waals surface area contributed by atoms with Gasteiger partial charge in [0.25, 0.3) is 0 Å². The first-order chi connectivity index (χ1) is 15.1. The summed E-state index contributed by atoms with van der Waals surface area (Å²) in [5.74, 6) is 1.05. The summed E-state index contributed by atoms with van der Waals surface area (Å²) in [6, 6.07) is 4.67. The molecule has 0 saturated heterocycles. The van der Waals surface area contributed by atoms with Crippen LogP contribution in [0.4, 0.5) is 0 Å². The maximum absolute atomic E-state index is 9.99. The molecular formula is C24H44N2O4S. The predicted octanol–water partition coefficient (Wildman–Crippen LogP) is 4.69. The molecule has 0 saturated carbocycles. The lowest BCUT2D eigenvalue weighted by molar-refractivity contribution is 0.0417. The third kappa shape index (κ3) is 19.6. The average Bonchev–Trinajstić information content (AvgIpc) is 2.77. The van der Waals surface area contributed by atoms with Crippen molar-refractivity contribution in [3.63, 3.8) is 0 Å². The lowest BCUT2D eigenvalue weighted by Crippen LogP contribution is -2.23. The van der Waals surface area contributed by atoms with Gasteiger partial charge in [-0.25, -0.2) is 0 Å². The summed E-state index contributed by atoms with van der Waals surface area (Å²) >= 11 is 1.47. The number of ether oxygens (including phenoxy) is 2. The summed E-state index contributed by atoms with van der Waals surface area (Å²) in [5.41, 5.74) is 0. The van der Waals surface area contributed by atoms with E-state index in [0.717, 1.165) is 51.4 Å². The Hall–Kier alpha value is -0.830. The molecule has 4 atom stereocenters. The molecule has 0 fully saturated rings. The van der Waals surface area contributed by atoms with Crippen LogP contribution in [0.5, 0.6) is 0 Å². The first kappa shape index (κ1) is 30.2. The Labute approximate surface area is 194 Å². The van der Waals surface area contributed by atoms with E-state index in [-0.39, 0.29) is 25.0 Å². The molecule has 0 bridgehead atoms. The van der Waals surface area contributed by atoms with Crippen molar-refractivity contribution in [2.45, 2.75) is 90.3 Å². The van der Waals surface area contributed by atoms with E-state index in [1.807, 2.05) is 0 Å². The van der Waals surface area contributed by atoms with Crippen molar-refractivity contribution >= 4 is 11.8 Å². The Kier molecular flexibility index (Phi) is 21.8. The van der Waals surface area contributed by atoms with E-state index in [2.05, 4.69) is 26.0 Å². The van der Waals surface area contributed by atoms with E-state index in [9.17, 15) is 10.2 Å². The summed E-state index contributed by atoms with van der Waals surface area (Å²) < 4.78 is 11.0. The van der Waals surface area contributed by atoms with Crippen molar-refractivity contribution in [3.05, 3.63) is 0 Å². The number of thioether (sulfide) groups is 1. The number of hydrogen-bond donors (Lipinski definition) is 2. The number of unbranched alkanes of at least 4 members (excludes halogenated alkanes) is 4. The normalized spacial score (nSPS) is 15.0. The van der Waals surface area contributed by atoms with Gasteiger partial charge in [0, 0.05) is 36.6 Å². The molecule has 0 aromatic carbocycles. The highest BCUT2D eigenvalue weighted by atomic mass is 32.2. The molecule has 0 aliphatic rings. The zero-order valence-corrected chi connectivity index (χ0v) is 20.5. The molecule has 7 heteroatoms. The fraction of sp³-hybridized carbons (Fsp3) is 0.917. The summed E-state index contributed by atoms with van der Waals surface area (Å²) in [6.45, 7) is 5.78. The summed E-state index contributed by atoms with van der Waals surface area (Å²) in [6.07, 6.45) is 8.87. The fourth-order valence-electron chi connectivity index (χ4n) is 3.15. The van der Waals surface area contributed by atoms with Crippen molar-refractivity contribution in [1.82, 2.24) is 0 Å². The first-order valence-electron chi connectivity index (χ1n) is 12.0. The standard InChI is InChI=1S/C24H44N2O4S/c1-3-5-7-9-21(15-25)11-13-29-17-23(27)19-31-20-24(28)18-30-14-12-22(16-26)10-8-6-4-2/h21-24,27-28H,3-14,17-20H2,1-2H3. The highest BCUT2D eigenvalue weighted by molar-refractivity contribution is 7.99. The molecule has 31 heavy (non-hydrogen) atoms. The highest BCUT2D eigenvalue weighted by Crippen LogP contribution is 2.14. The van der Waals surface area contributed by atoms with E-state index in [0.29, 0.717) is 37.6 Å². The van der Waals surface area contributed by atoms with Gasteiger partial charge in [-0.3, -0.25) is 0 Å². The highest BCUT2D eigenvalue weighted by Gasteiger charge is 2.12. The molecule has 0 aliphatic heterocycles. The van der Waals surface area contributed by atoms with Gasteiger partial charge >= 0.3 is 0 Å². The summed E-state index contributed by atoms with van der Waals surface area (Å²) in [5, 5.41) is 38.3. The van der Waals surface area contributed by atoms with Crippen LogP contribution in [0.1, 0.15) is 78.1 Å². The van der Waals surface area contributed by atoms with Gasteiger partial charge in [0.05, 0.1) is 37.6 Å². The monoisotopic (exact) mass is 456 g/mol. The minimum absolute atomic E-state index is 0.0352. The van der Waals surface area contributed by atoms with E-state index < -0.39 is 12.2 Å². The third-order valence-electron chi connectivity index (χ3n) is 5.14. The molecule has 2 N–H and O–H groups in total. The van der Waals surface area contributed by atoms with Gasteiger partial charge in [-0.15, -0.1) is 0 Å². The van der Waals surface area contributed by atoms with Gasteiger partial charge in [-0.05, 0) is 25.7 Å². The Morgan fingerprint density at radius 1 is 0.710 bits per heavy atom.